The SMILES string of the molecule is O=C(Nc1ccc(F)cc1)NC1CCN(C(=O)C2CC23CCOCC3)C1. The highest BCUT2D eigenvalue weighted by Gasteiger charge is 2.59. The molecule has 7 heteroatoms. The predicted molar refractivity (Wildman–Crippen MR) is 94.1 cm³/mol. The number of amides is 3. The Morgan fingerprint density at radius 3 is 2.65 bits per heavy atom. The minimum Gasteiger partial charge on any atom is -0.381 e. The first-order chi connectivity index (χ1) is 12.6. The van der Waals surface area contributed by atoms with E-state index in [1.54, 1.807) is 0 Å². The Morgan fingerprint density at radius 1 is 1.19 bits per heavy atom. The van der Waals surface area contributed by atoms with Crippen LogP contribution in [0.25, 0.3) is 0 Å². The van der Waals surface area contributed by atoms with Crippen LogP contribution >= 0.6 is 0 Å². The van der Waals surface area contributed by atoms with Crippen molar-refractivity contribution in [2.45, 2.75) is 31.7 Å². The van der Waals surface area contributed by atoms with Gasteiger partial charge in [-0.1, -0.05) is 0 Å². The Balaban J connectivity index is 1.25. The zero-order chi connectivity index (χ0) is 18.1. The Hall–Kier alpha value is -2.15. The van der Waals surface area contributed by atoms with Crippen molar-refractivity contribution in [1.82, 2.24) is 10.2 Å². The van der Waals surface area contributed by atoms with Crippen molar-refractivity contribution in [3.8, 4) is 0 Å². The highest BCUT2D eigenvalue weighted by molar-refractivity contribution is 5.89. The van der Waals surface area contributed by atoms with E-state index in [9.17, 15) is 14.0 Å². The molecule has 2 unspecified atom stereocenters. The van der Waals surface area contributed by atoms with Gasteiger partial charge in [0.2, 0.25) is 5.91 Å². The molecule has 3 aliphatic rings. The number of nitrogens with zero attached hydrogens (tertiary/aromatic N) is 1. The molecule has 0 radical (unpaired) electrons. The third-order valence-corrected chi connectivity index (χ3v) is 5.91. The molecule has 1 aliphatic carbocycles. The van der Waals surface area contributed by atoms with E-state index in [0.29, 0.717) is 18.8 Å². The Kier molecular flexibility index (Phi) is 4.56. The lowest BCUT2D eigenvalue weighted by Gasteiger charge is -2.24. The number of halogens is 1. The quantitative estimate of drug-likeness (QED) is 0.868. The summed E-state index contributed by atoms with van der Waals surface area (Å²) in [4.78, 5) is 26.7. The topological polar surface area (TPSA) is 70.7 Å². The molecule has 3 amide bonds. The van der Waals surface area contributed by atoms with Crippen LogP contribution in [-0.2, 0) is 9.53 Å². The van der Waals surface area contributed by atoms with E-state index in [1.165, 1.54) is 24.3 Å². The number of anilines is 1. The average molecular weight is 361 g/mol. The van der Waals surface area contributed by atoms with Gasteiger partial charge in [-0.25, -0.2) is 9.18 Å². The highest BCUT2D eigenvalue weighted by atomic mass is 19.1. The molecule has 2 saturated heterocycles. The molecule has 1 spiro atoms. The Morgan fingerprint density at radius 2 is 1.92 bits per heavy atom. The summed E-state index contributed by atoms with van der Waals surface area (Å²) < 4.78 is 18.3. The predicted octanol–water partition coefficient (Wildman–Crippen LogP) is 2.36. The molecule has 1 aromatic rings. The number of ether oxygens (including phenoxy) is 1. The van der Waals surface area contributed by atoms with Gasteiger partial charge in [0, 0.05) is 44.0 Å². The lowest BCUT2D eigenvalue weighted by atomic mass is 9.93. The number of hydrogen-bond acceptors (Lipinski definition) is 3. The molecule has 3 fully saturated rings. The van der Waals surface area contributed by atoms with E-state index < -0.39 is 0 Å². The fourth-order valence-corrected chi connectivity index (χ4v) is 4.21. The van der Waals surface area contributed by atoms with Gasteiger partial charge in [-0.3, -0.25) is 4.79 Å². The third-order valence-electron chi connectivity index (χ3n) is 5.91. The zero-order valence-electron chi connectivity index (χ0n) is 14.7. The number of carbonyl (C=O) groups is 2. The summed E-state index contributed by atoms with van der Waals surface area (Å²) in [6.45, 7) is 2.76. The number of nitrogens with one attached hydrogen (secondary N) is 2. The lowest BCUT2D eigenvalue weighted by molar-refractivity contribution is -0.133. The van der Waals surface area contributed by atoms with Crippen LogP contribution in [0.4, 0.5) is 14.9 Å². The minimum absolute atomic E-state index is 0.0520. The van der Waals surface area contributed by atoms with Gasteiger partial charge in [-0.2, -0.15) is 0 Å². The Labute approximate surface area is 152 Å². The zero-order valence-corrected chi connectivity index (χ0v) is 14.7. The molecule has 1 aromatic carbocycles. The molecule has 0 bridgehead atoms. The second-order valence-corrected chi connectivity index (χ2v) is 7.61. The normalized spacial score (nSPS) is 26.6. The average Bonchev–Trinajstić information content (AvgIpc) is 3.11. The summed E-state index contributed by atoms with van der Waals surface area (Å²) in [6.07, 6.45) is 3.71. The molecule has 2 heterocycles. The smallest absolute Gasteiger partial charge is 0.319 e. The number of hydrogen-bond donors (Lipinski definition) is 2. The second kappa shape index (κ2) is 6.87. The molecule has 0 aromatic heterocycles. The first-order valence-corrected chi connectivity index (χ1v) is 9.25. The number of likely N-dealkylation sites (tertiary alicyclic amines) is 1. The summed E-state index contributed by atoms with van der Waals surface area (Å²) in [5.41, 5.74) is 0.718. The second-order valence-electron chi connectivity index (χ2n) is 7.61. The van der Waals surface area contributed by atoms with Gasteiger partial charge >= 0.3 is 6.03 Å². The van der Waals surface area contributed by atoms with Crippen molar-refractivity contribution in [3.05, 3.63) is 30.1 Å². The van der Waals surface area contributed by atoms with Crippen LogP contribution in [0, 0.1) is 17.2 Å². The van der Waals surface area contributed by atoms with E-state index in [-0.39, 0.29) is 35.1 Å². The van der Waals surface area contributed by atoms with Gasteiger partial charge in [0.1, 0.15) is 5.82 Å². The van der Waals surface area contributed by atoms with Crippen molar-refractivity contribution >= 4 is 17.6 Å². The molecular formula is C19H24FN3O3. The Bertz CT molecular complexity index is 688. The van der Waals surface area contributed by atoms with Crippen LogP contribution in [0.1, 0.15) is 25.7 Å². The minimum atomic E-state index is -0.344. The number of carbonyl (C=O) groups excluding carboxylic acids is 2. The fourth-order valence-electron chi connectivity index (χ4n) is 4.21. The first kappa shape index (κ1) is 17.3. The first-order valence-electron chi connectivity index (χ1n) is 9.25. The summed E-state index contributed by atoms with van der Waals surface area (Å²) in [5, 5.41) is 5.59. The van der Waals surface area contributed by atoms with Crippen LogP contribution in [0.2, 0.25) is 0 Å². The van der Waals surface area contributed by atoms with E-state index in [0.717, 1.165) is 38.9 Å². The van der Waals surface area contributed by atoms with Crippen molar-refractivity contribution in [2.75, 3.05) is 31.6 Å². The molecule has 2 N–H and O–H groups in total. The van der Waals surface area contributed by atoms with Gasteiger partial charge < -0.3 is 20.3 Å². The largest absolute Gasteiger partial charge is 0.381 e. The van der Waals surface area contributed by atoms with Gasteiger partial charge in [0.25, 0.3) is 0 Å². The van der Waals surface area contributed by atoms with Crippen molar-refractivity contribution in [3.63, 3.8) is 0 Å². The monoisotopic (exact) mass is 361 g/mol. The van der Waals surface area contributed by atoms with Crippen LogP contribution in [-0.4, -0.2) is 49.2 Å². The van der Waals surface area contributed by atoms with Gasteiger partial charge in [-0.15, -0.1) is 0 Å². The molecular weight excluding hydrogens is 337 g/mol. The van der Waals surface area contributed by atoms with Crippen LogP contribution < -0.4 is 10.6 Å². The number of rotatable bonds is 3. The highest BCUT2D eigenvalue weighted by Crippen LogP contribution is 2.59. The maximum absolute atomic E-state index is 12.9. The van der Waals surface area contributed by atoms with Gasteiger partial charge in [0.05, 0.1) is 0 Å². The molecule has 2 atom stereocenters. The molecule has 1 saturated carbocycles. The summed E-state index contributed by atoms with van der Waals surface area (Å²) in [5.74, 6) is 0.0246. The van der Waals surface area contributed by atoms with E-state index in [2.05, 4.69) is 10.6 Å². The van der Waals surface area contributed by atoms with Crippen LogP contribution in [0.15, 0.2) is 24.3 Å². The lowest BCUT2D eigenvalue weighted by Crippen LogP contribution is -2.41. The molecule has 2 aliphatic heterocycles. The molecule has 4 rings (SSSR count). The number of benzene rings is 1. The molecule has 6 nitrogen and oxygen atoms in total. The standard InChI is InChI=1S/C19H24FN3O3/c20-13-1-3-14(4-2-13)21-18(25)22-15-5-8-23(12-15)17(24)16-11-19(16)6-9-26-10-7-19/h1-4,15-16H,5-12H2,(H2,21,22,25). The van der Waals surface area contributed by atoms with E-state index >= 15 is 0 Å². The van der Waals surface area contributed by atoms with Crippen molar-refractivity contribution < 1.29 is 18.7 Å². The van der Waals surface area contributed by atoms with Gasteiger partial charge in [0.15, 0.2) is 0 Å². The molecule has 140 valence electrons. The maximum atomic E-state index is 12.9. The van der Waals surface area contributed by atoms with E-state index in [1.807, 2.05) is 4.90 Å². The third kappa shape index (κ3) is 3.53. The van der Waals surface area contributed by atoms with Crippen molar-refractivity contribution in [2.24, 2.45) is 11.3 Å². The molecule has 26 heavy (non-hydrogen) atoms. The summed E-state index contributed by atoms with van der Waals surface area (Å²) >= 11 is 0. The maximum Gasteiger partial charge on any atom is 0.319 e. The van der Waals surface area contributed by atoms with Crippen LogP contribution in [0.5, 0.6) is 0 Å². The summed E-state index contributed by atoms with van der Waals surface area (Å²) in [7, 11) is 0. The van der Waals surface area contributed by atoms with Gasteiger partial charge in [-0.05, 0) is 55.4 Å². The van der Waals surface area contributed by atoms with E-state index in [4.69, 9.17) is 4.74 Å². The number of urea groups is 1. The van der Waals surface area contributed by atoms with Crippen molar-refractivity contribution in [1.29, 1.82) is 0 Å². The summed E-state index contributed by atoms with van der Waals surface area (Å²) in [6, 6.07) is 5.24. The van der Waals surface area contributed by atoms with Crippen LogP contribution in [0.3, 0.4) is 0 Å². The fraction of sp³-hybridized carbons (Fsp3) is 0.579.